The van der Waals surface area contributed by atoms with Crippen LogP contribution in [0.5, 0.6) is 0 Å². The Balaban J connectivity index is 1.92. The number of pyridine rings is 1. The molecule has 30 heavy (non-hydrogen) atoms. The van der Waals surface area contributed by atoms with Crippen LogP contribution in [-0.2, 0) is 0 Å². The van der Waals surface area contributed by atoms with Gasteiger partial charge in [0.25, 0.3) is 5.65 Å². The number of aromatic nitrogens is 2. The molecule has 0 fully saturated rings. The van der Waals surface area contributed by atoms with Crippen LogP contribution in [-0.4, -0.2) is 4.40 Å². The second-order valence-electron chi connectivity index (χ2n) is 7.81. The highest BCUT2D eigenvalue weighted by Crippen LogP contribution is 2.37. The molecule has 142 valence electrons. The number of rotatable bonds is 2. The largest absolute Gasteiger partial charge is 0.292 e. The fourth-order valence-electron chi connectivity index (χ4n) is 4.56. The van der Waals surface area contributed by atoms with Crippen molar-refractivity contribution in [1.29, 1.82) is 0 Å². The lowest BCUT2D eigenvalue weighted by molar-refractivity contribution is -0.501. The van der Waals surface area contributed by atoms with Gasteiger partial charge in [-0.15, -0.1) is 0 Å². The topological polar surface area (TPSA) is 8.51 Å². The average molecular weight is 385 g/mol. The molecule has 0 aliphatic carbocycles. The van der Waals surface area contributed by atoms with E-state index in [4.69, 9.17) is 0 Å². The number of nitrogens with zero attached hydrogens (tertiary/aromatic N) is 2. The predicted octanol–water partition coefficient (Wildman–Crippen LogP) is 6.47. The molecule has 2 heteroatoms. The van der Waals surface area contributed by atoms with Crippen molar-refractivity contribution >= 4 is 22.1 Å². The monoisotopic (exact) mass is 385 g/mol. The normalized spacial score (nSPS) is 11.5. The zero-order valence-corrected chi connectivity index (χ0v) is 16.8. The molecule has 0 spiro atoms. The van der Waals surface area contributed by atoms with E-state index in [0.717, 1.165) is 5.65 Å². The van der Waals surface area contributed by atoms with E-state index < -0.39 is 0 Å². The molecule has 3 aromatic carbocycles. The van der Waals surface area contributed by atoms with Gasteiger partial charge in [-0.2, -0.15) is 8.80 Å². The summed E-state index contributed by atoms with van der Waals surface area (Å²) in [5.74, 6) is 0. The van der Waals surface area contributed by atoms with Crippen LogP contribution in [0.3, 0.4) is 0 Å². The van der Waals surface area contributed by atoms with Gasteiger partial charge in [0, 0.05) is 17.0 Å². The Kier molecular flexibility index (Phi) is 3.72. The zero-order chi connectivity index (χ0) is 20.1. The third kappa shape index (κ3) is 2.47. The van der Waals surface area contributed by atoms with Crippen molar-refractivity contribution in [3.05, 3.63) is 115 Å². The first-order valence-electron chi connectivity index (χ1n) is 10.3. The van der Waals surface area contributed by atoms with Crippen LogP contribution in [0.1, 0.15) is 5.56 Å². The predicted molar refractivity (Wildman–Crippen MR) is 124 cm³/mol. The molecular formula is C28H21N2+. The lowest BCUT2D eigenvalue weighted by atomic mass is 9.98. The molecule has 0 saturated heterocycles. The third-order valence-electron chi connectivity index (χ3n) is 5.87. The van der Waals surface area contributed by atoms with Crippen LogP contribution in [0.2, 0.25) is 0 Å². The van der Waals surface area contributed by atoms with Crippen molar-refractivity contribution in [2.24, 2.45) is 0 Å². The maximum atomic E-state index is 2.40. The van der Waals surface area contributed by atoms with Crippen LogP contribution in [0, 0.1) is 6.92 Å². The molecule has 6 aromatic rings. The lowest BCUT2D eigenvalue weighted by Crippen LogP contribution is -2.28. The van der Waals surface area contributed by atoms with Gasteiger partial charge in [0.05, 0.1) is 11.8 Å². The molecule has 2 nitrogen and oxygen atoms in total. The van der Waals surface area contributed by atoms with Crippen LogP contribution < -0.4 is 4.40 Å². The molecule has 0 N–H and O–H groups in total. The van der Waals surface area contributed by atoms with Gasteiger partial charge in [0.1, 0.15) is 11.0 Å². The minimum atomic E-state index is 1.16. The van der Waals surface area contributed by atoms with Crippen molar-refractivity contribution in [1.82, 2.24) is 4.40 Å². The molecule has 0 atom stereocenters. The van der Waals surface area contributed by atoms with E-state index in [1.54, 1.807) is 0 Å². The Labute approximate surface area is 175 Å². The molecule has 0 radical (unpaired) electrons. The molecular weight excluding hydrogens is 364 g/mol. The fraction of sp³-hybridized carbons (Fsp3) is 0.0357. The Bertz CT molecular complexity index is 1530. The summed E-state index contributed by atoms with van der Waals surface area (Å²) < 4.78 is 4.73. The van der Waals surface area contributed by atoms with Gasteiger partial charge < -0.3 is 0 Å². The van der Waals surface area contributed by atoms with Crippen LogP contribution >= 0.6 is 0 Å². The zero-order valence-electron chi connectivity index (χ0n) is 16.8. The van der Waals surface area contributed by atoms with E-state index in [9.17, 15) is 0 Å². The van der Waals surface area contributed by atoms with Gasteiger partial charge in [0.2, 0.25) is 0 Å². The number of hydrogen-bond acceptors (Lipinski definition) is 0. The summed E-state index contributed by atoms with van der Waals surface area (Å²) >= 11 is 0. The smallest absolute Gasteiger partial charge is 0.198 e. The molecule has 0 bridgehead atoms. The first kappa shape index (κ1) is 17.0. The Hall–Kier alpha value is -3.91. The summed E-state index contributed by atoms with van der Waals surface area (Å²) in [6.45, 7) is 2.16. The first-order valence-corrected chi connectivity index (χ1v) is 10.3. The highest BCUT2D eigenvalue weighted by atomic mass is 15.1. The summed E-state index contributed by atoms with van der Waals surface area (Å²) in [6, 6.07) is 36.9. The van der Waals surface area contributed by atoms with Crippen molar-refractivity contribution in [3.8, 4) is 22.4 Å². The minimum absolute atomic E-state index is 1.16. The first-order chi connectivity index (χ1) is 14.8. The van der Waals surface area contributed by atoms with E-state index in [-0.39, 0.29) is 0 Å². The summed E-state index contributed by atoms with van der Waals surface area (Å²) in [5, 5.41) is 1.26. The Morgan fingerprint density at radius 2 is 1.33 bits per heavy atom. The maximum absolute atomic E-state index is 2.40. The highest BCUT2D eigenvalue weighted by molar-refractivity contribution is 5.99. The number of benzene rings is 3. The van der Waals surface area contributed by atoms with E-state index >= 15 is 0 Å². The van der Waals surface area contributed by atoms with Gasteiger partial charge >= 0.3 is 0 Å². The fourth-order valence-corrected chi connectivity index (χ4v) is 4.56. The van der Waals surface area contributed by atoms with Crippen molar-refractivity contribution in [2.45, 2.75) is 6.92 Å². The maximum Gasteiger partial charge on any atom is 0.292 e. The average Bonchev–Trinajstić information content (AvgIpc) is 3.18. The summed E-state index contributed by atoms with van der Waals surface area (Å²) in [6.07, 6.45) is 2.17. The second-order valence-corrected chi connectivity index (χ2v) is 7.81. The summed E-state index contributed by atoms with van der Waals surface area (Å²) in [5.41, 5.74) is 9.79. The molecule has 6 rings (SSSR count). The van der Waals surface area contributed by atoms with Crippen molar-refractivity contribution in [3.63, 3.8) is 0 Å². The van der Waals surface area contributed by atoms with Crippen LogP contribution in [0.4, 0.5) is 0 Å². The molecule has 0 aliphatic heterocycles. The molecule has 3 aromatic heterocycles. The van der Waals surface area contributed by atoms with E-state index in [2.05, 4.69) is 125 Å². The summed E-state index contributed by atoms with van der Waals surface area (Å²) in [7, 11) is 0. The Morgan fingerprint density at radius 1 is 0.633 bits per heavy atom. The van der Waals surface area contributed by atoms with E-state index in [1.165, 1.54) is 44.4 Å². The van der Waals surface area contributed by atoms with Gasteiger partial charge in [-0.3, -0.25) is 0 Å². The van der Waals surface area contributed by atoms with Gasteiger partial charge in [-0.1, -0.05) is 78.9 Å². The summed E-state index contributed by atoms with van der Waals surface area (Å²) in [4.78, 5) is 0. The third-order valence-corrected chi connectivity index (χ3v) is 5.87. The van der Waals surface area contributed by atoms with Crippen LogP contribution in [0.25, 0.3) is 44.5 Å². The van der Waals surface area contributed by atoms with Crippen molar-refractivity contribution in [2.75, 3.05) is 0 Å². The minimum Gasteiger partial charge on any atom is -0.198 e. The standard InChI is InChI=1S/C28H21N2/c1-20-15-16-23-19-25-27(21-10-4-2-5-11-21)28(22-12-6-3-7-13-22)29-17-9-8-14-26(29)30(25)24(23)18-20/h2-19H,1H3/q+1. The van der Waals surface area contributed by atoms with E-state index in [0.29, 0.717) is 0 Å². The number of fused-ring (bicyclic) bond motifs is 5. The van der Waals surface area contributed by atoms with Crippen LogP contribution in [0.15, 0.2) is 109 Å². The molecule has 0 aliphatic rings. The SMILES string of the molecule is Cc1ccc2cc3c(-c4ccccc4)c(-c4ccccc4)[n+]4ccccc4n3c2c1. The number of aryl methyl sites for hydroxylation is 1. The van der Waals surface area contributed by atoms with Crippen molar-refractivity contribution < 1.29 is 4.40 Å². The van der Waals surface area contributed by atoms with Gasteiger partial charge in [0.15, 0.2) is 5.69 Å². The van der Waals surface area contributed by atoms with Gasteiger partial charge in [-0.25, -0.2) is 0 Å². The van der Waals surface area contributed by atoms with Gasteiger partial charge in [-0.05, 0) is 36.2 Å². The highest BCUT2D eigenvalue weighted by Gasteiger charge is 2.25. The quantitative estimate of drug-likeness (QED) is 0.302. The lowest BCUT2D eigenvalue weighted by Gasteiger charge is -2.12. The number of hydrogen-bond donors (Lipinski definition) is 0. The molecule has 3 heterocycles. The molecule has 0 saturated carbocycles. The molecule has 0 amide bonds. The second kappa shape index (κ2) is 6.57. The van der Waals surface area contributed by atoms with E-state index in [1.807, 2.05) is 0 Å². The Morgan fingerprint density at radius 3 is 2.10 bits per heavy atom. The molecule has 0 unspecified atom stereocenters.